The lowest BCUT2D eigenvalue weighted by atomic mass is 10.1. The summed E-state index contributed by atoms with van der Waals surface area (Å²) in [4.78, 5) is 22.6. The Hall–Kier alpha value is -2.47. The van der Waals surface area contributed by atoms with Gasteiger partial charge in [0.1, 0.15) is 17.0 Å². The number of carbonyl (C=O) groups excluding carboxylic acids is 1. The van der Waals surface area contributed by atoms with Crippen LogP contribution in [0.15, 0.2) is 36.7 Å². The van der Waals surface area contributed by atoms with Gasteiger partial charge in [-0.1, -0.05) is 12.1 Å². The zero-order chi connectivity index (χ0) is 16.2. The van der Waals surface area contributed by atoms with Gasteiger partial charge in [-0.25, -0.2) is 9.97 Å². The van der Waals surface area contributed by atoms with E-state index in [2.05, 4.69) is 33.6 Å². The molecule has 0 aliphatic rings. The summed E-state index contributed by atoms with van der Waals surface area (Å²) in [7, 11) is 0. The SMILES string of the molecule is CCNC(=O)c1ccc(CNc2ncnc3sc(C)cc23)cc1. The van der Waals surface area contributed by atoms with Crippen molar-refractivity contribution in [1.82, 2.24) is 15.3 Å². The lowest BCUT2D eigenvalue weighted by Crippen LogP contribution is -2.22. The van der Waals surface area contributed by atoms with Crippen LogP contribution in [0, 0.1) is 6.92 Å². The lowest BCUT2D eigenvalue weighted by Gasteiger charge is -2.07. The van der Waals surface area contributed by atoms with E-state index in [9.17, 15) is 4.79 Å². The van der Waals surface area contributed by atoms with Crippen LogP contribution in [0.1, 0.15) is 27.7 Å². The standard InChI is InChI=1S/C17H18N4OS/c1-3-18-16(22)13-6-4-12(5-7-13)9-19-15-14-8-11(2)23-17(14)21-10-20-15/h4-8,10H,3,9H2,1-2H3,(H,18,22)(H,19,20,21). The molecule has 0 unspecified atom stereocenters. The van der Waals surface area contributed by atoms with E-state index in [1.165, 1.54) is 4.88 Å². The van der Waals surface area contributed by atoms with Gasteiger partial charge in [-0.2, -0.15) is 0 Å². The molecule has 0 saturated carbocycles. The second-order valence-corrected chi connectivity index (χ2v) is 6.44. The highest BCUT2D eigenvalue weighted by atomic mass is 32.1. The highest BCUT2D eigenvalue weighted by molar-refractivity contribution is 7.18. The van der Waals surface area contributed by atoms with Crippen LogP contribution in [0.3, 0.4) is 0 Å². The third-order valence-corrected chi connectivity index (χ3v) is 4.42. The van der Waals surface area contributed by atoms with Gasteiger partial charge in [0.05, 0.1) is 5.39 Å². The number of carbonyl (C=O) groups is 1. The molecule has 2 heterocycles. The van der Waals surface area contributed by atoms with E-state index in [1.807, 2.05) is 31.2 Å². The van der Waals surface area contributed by atoms with E-state index in [-0.39, 0.29) is 5.91 Å². The van der Waals surface area contributed by atoms with Gasteiger partial charge in [0, 0.05) is 23.5 Å². The van der Waals surface area contributed by atoms with Gasteiger partial charge in [-0.05, 0) is 37.6 Å². The number of aromatic nitrogens is 2. The summed E-state index contributed by atoms with van der Waals surface area (Å²) in [5.74, 6) is 0.797. The number of rotatable bonds is 5. The zero-order valence-electron chi connectivity index (χ0n) is 13.1. The van der Waals surface area contributed by atoms with Crippen LogP contribution in [0.4, 0.5) is 5.82 Å². The number of fused-ring (bicyclic) bond motifs is 1. The first-order valence-corrected chi connectivity index (χ1v) is 8.31. The summed E-state index contributed by atoms with van der Waals surface area (Å²) < 4.78 is 0. The average molecular weight is 326 g/mol. The number of hydrogen-bond acceptors (Lipinski definition) is 5. The maximum Gasteiger partial charge on any atom is 0.251 e. The molecule has 2 aromatic heterocycles. The normalized spacial score (nSPS) is 10.7. The van der Waals surface area contributed by atoms with Gasteiger partial charge in [-0.3, -0.25) is 4.79 Å². The Morgan fingerprint density at radius 1 is 1.22 bits per heavy atom. The molecule has 0 saturated heterocycles. The fourth-order valence-corrected chi connectivity index (χ4v) is 3.19. The molecule has 3 aromatic rings. The van der Waals surface area contributed by atoms with Crippen LogP contribution in [-0.4, -0.2) is 22.4 Å². The Morgan fingerprint density at radius 3 is 2.74 bits per heavy atom. The van der Waals surface area contributed by atoms with Crippen molar-refractivity contribution in [3.8, 4) is 0 Å². The van der Waals surface area contributed by atoms with E-state index < -0.39 is 0 Å². The second kappa shape index (κ2) is 6.75. The molecule has 118 valence electrons. The molecule has 3 rings (SSSR count). The molecule has 0 aliphatic carbocycles. The lowest BCUT2D eigenvalue weighted by molar-refractivity contribution is 0.0956. The maximum absolute atomic E-state index is 11.7. The molecular weight excluding hydrogens is 308 g/mol. The van der Waals surface area contributed by atoms with E-state index in [0.29, 0.717) is 18.7 Å². The first-order chi connectivity index (χ1) is 11.2. The number of amides is 1. The quantitative estimate of drug-likeness (QED) is 0.754. The van der Waals surface area contributed by atoms with Crippen molar-refractivity contribution in [1.29, 1.82) is 0 Å². The number of nitrogens with one attached hydrogen (secondary N) is 2. The van der Waals surface area contributed by atoms with Crippen LogP contribution in [0.5, 0.6) is 0 Å². The van der Waals surface area contributed by atoms with E-state index in [4.69, 9.17) is 0 Å². The van der Waals surface area contributed by atoms with Crippen molar-refractivity contribution < 1.29 is 4.79 Å². The Morgan fingerprint density at radius 2 is 2.00 bits per heavy atom. The zero-order valence-corrected chi connectivity index (χ0v) is 13.9. The van der Waals surface area contributed by atoms with Crippen LogP contribution in [0.2, 0.25) is 0 Å². The fraction of sp³-hybridized carbons (Fsp3) is 0.235. The highest BCUT2D eigenvalue weighted by Crippen LogP contribution is 2.27. The van der Waals surface area contributed by atoms with Crippen LogP contribution in [-0.2, 0) is 6.54 Å². The Labute approximate surface area is 138 Å². The van der Waals surface area contributed by atoms with E-state index in [1.54, 1.807) is 17.7 Å². The van der Waals surface area contributed by atoms with Gasteiger partial charge < -0.3 is 10.6 Å². The molecule has 23 heavy (non-hydrogen) atoms. The van der Waals surface area contributed by atoms with Crippen LogP contribution in [0.25, 0.3) is 10.2 Å². The van der Waals surface area contributed by atoms with Crippen molar-refractivity contribution in [2.24, 2.45) is 0 Å². The molecule has 5 nitrogen and oxygen atoms in total. The molecule has 1 aromatic carbocycles. The van der Waals surface area contributed by atoms with Crippen LogP contribution < -0.4 is 10.6 Å². The molecule has 0 aliphatic heterocycles. The van der Waals surface area contributed by atoms with Crippen molar-refractivity contribution in [2.45, 2.75) is 20.4 Å². The predicted octanol–water partition coefficient (Wildman–Crippen LogP) is 3.36. The molecule has 0 fully saturated rings. The number of aryl methyl sites for hydroxylation is 1. The summed E-state index contributed by atoms with van der Waals surface area (Å²) >= 11 is 1.66. The average Bonchev–Trinajstić information content (AvgIpc) is 2.94. The van der Waals surface area contributed by atoms with Crippen molar-refractivity contribution in [3.63, 3.8) is 0 Å². The van der Waals surface area contributed by atoms with Gasteiger partial charge >= 0.3 is 0 Å². The minimum atomic E-state index is -0.0433. The largest absolute Gasteiger partial charge is 0.365 e. The summed E-state index contributed by atoms with van der Waals surface area (Å²) in [6, 6.07) is 9.68. The van der Waals surface area contributed by atoms with E-state index in [0.717, 1.165) is 21.6 Å². The minimum absolute atomic E-state index is 0.0433. The third kappa shape index (κ3) is 3.48. The third-order valence-electron chi connectivity index (χ3n) is 3.47. The minimum Gasteiger partial charge on any atom is -0.365 e. The summed E-state index contributed by atoms with van der Waals surface area (Å²) in [6.45, 7) is 5.25. The summed E-state index contributed by atoms with van der Waals surface area (Å²) in [5, 5.41) is 7.19. The second-order valence-electron chi connectivity index (χ2n) is 5.21. The molecule has 0 radical (unpaired) electrons. The van der Waals surface area contributed by atoms with Gasteiger partial charge in [0.15, 0.2) is 0 Å². The Kier molecular flexibility index (Phi) is 4.52. The van der Waals surface area contributed by atoms with Crippen molar-refractivity contribution in [3.05, 3.63) is 52.7 Å². The van der Waals surface area contributed by atoms with Crippen molar-refractivity contribution in [2.75, 3.05) is 11.9 Å². The Balaban J connectivity index is 1.71. The maximum atomic E-state index is 11.7. The monoisotopic (exact) mass is 326 g/mol. The number of hydrogen-bond donors (Lipinski definition) is 2. The predicted molar refractivity (Wildman–Crippen MR) is 93.9 cm³/mol. The number of anilines is 1. The molecular formula is C17H18N4OS. The first-order valence-electron chi connectivity index (χ1n) is 7.49. The number of thiophene rings is 1. The van der Waals surface area contributed by atoms with E-state index >= 15 is 0 Å². The summed E-state index contributed by atoms with van der Waals surface area (Å²) in [6.07, 6.45) is 1.58. The number of benzene rings is 1. The molecule has 1 amide bonds. The highest BCUT2D eigenvalue weighted by Gasteiger charge is 2.07. The molecule has 0 spiro atoms. The van der Waals surface area contributed by atoms with Crippen molar-refractivity contribution >= 4 is 33.3 Å². The van der Waals surface area contributed by atoms with Gasteiger partial charge in [0.25, 0.3) is 5.91 Å². The smallest absolute Gasteiger partial charge is 0.251 e. The van der Waals surface area contributed by atoms with Crippen LogP contribution >= 0.6 is 11.3 Å². The molecule has 6 heteroatoms. The number of nitrogens with zero attached hydrogens (tertiary/aromatic N) is 2. The fourth-order valence-electron chi connectivity index (χ4n) is 2.34. The topological polar surface area (TPSA) is 66.9 Å². The van der Waals surface area contributed by atoms with Gasteiger partial charge in [0.2, 0.25) is 0 Å². The van der Waals surface area contributed by atoms with Gasteiger partial charge in [-0.15, -0.1) is 11.3 Å². The summed E-state index contributed by atoms with van der Waals surface area (Å²) in [5.41, 5.74) is 1.77. The first kappa shape index (κ1) is 15.4. The molecule has 0 atom stereocenters. The Bertz CT molecular complexity index is 826. The molecule has 2 N–H and O–H groups in total. The molecule has 0 bridgehead atoms.